The zero-order chi connectivity index (χ0) is 19.1. The molecule has 1 aromatic heterocycles. The number of hydrogen-bond donors (Lipinski definition) is 0. The number of nitrogens with zero attached hydrogens (tertiary/aromatic N) is 2. The fourth-order valence-corrected chi connectivity index (χ4v) is 4.20. The lowest BCUT2D eigenvalue weighted by Crippen LogP contribution is -2.13. The Morgan fingerprint density at radius 3 is 2.24 bits per heavy atom. The summed E-state index contributed by atoms with van der Waals surface area (Å²) in [5.74, 6) is -0.887. The van der Waals surface area contributed by atoms with E-state index in [0.717, 1.165) is 6.26 Å². The van der Waals surface area contributed by atoms with Crippen LogP contribution >= 0.6 is 0 Å². The number of benzene rings is 1. The van der Waals surface area contributed by atoms with Crippen molar-refractivity contribution in [3.05, 3.63) is 40.1 Å². The zero-order valence-electron chi connectivity index (χ0n) is 15.0. The van der Waals surface area contributed by atoms with E-state index in [0.29, 0.717) is 22.3 Å². The number of sulfone groups is 1. The van der Waals surface area contributed by atoms with Gasteiger partial charge in [0.2, 0.25) is 5.88 Å². The maximum absolute atomic E-state index is 13.0. The van der Waals surface area contributed by atoms with Gasteiger partial charge in [-0.15, -0.1) is 0 Å². The first-order chi connectivity index (χ1) is 11.4. The number of esters is 1. The minimum absolute atomic E-state index is 0.0550. The van der Waals surface area contributed by atoms with Crippen LogP contribution in [0, 0.1) is 20.8 Å². The highest BCUT2D eigenvalue weighted by molar-refractivity contribution is 7.90. The van der Waals surface area contributed by atoms with E-state index in [9.17, 15) is 18.0 Å². The lowest BCUT2D eigenvalue weighted by atomic mass is 9.95. The minimum Gasteiger partial charge on any atom is -0.407 e. The normalized spacial score (nSPS) is 11.4. The predicted molar refractivity (Wildman–Crippen MR) is 91.7 cm³/mol. The van der Waals surface area contributed by atoms with Crippen molar-refractivity contribution < 1.29 is 22.7 Å². The van der Waals surface area contributed by atoms with Gasteiger partial charge >= 0.3 is 5.97 Å². The summed E-state index contributed by atoms with van der Waals surface area (Å²) in [7, 11) is -1.85. The van der Waals surface area contributed by atoms with Gasteiger partial charge in [-0.1, -0.05) is 0 Å². The Morgan fingerprint density at radius 2 is 1.72 bits per heavy atom. The molecule has 0 saturated heterocycles. The Hall–Kier alpha value is -2.48. The van der Waals surface area contributed by atoms with Crippen molar-refractivity contribution in [1.29, 1.82) is 0 Å². The molecule has 0 aliphatic heterocycles. The molecule has 0 aliphatic carbocycles. The average Bonchev–Trinajstić information content (AvgIpc) is 2.81. The Bertz CT molecular complexity index is 987. The summed E-state index contributed by atoms with van der Waals surface area (Å²) in [5.41, 5.74) is 2.08. The number of rotatable bonds is 4. The van der Waals surface area contributed by atoms with Crippen molar-refractivity contribution in [2.24, 2.45) is 7.05 Å². The summed E-state index contributed by atoms with van der Waals surface area (Å²) in [4.78, 5) is 24.4. The Kier molecular flexibility index (Phi) is 4.85. The Balaban J connectivity index is 2.65. The van der Waals surface area contributed by atoms with Crippen LogP contribution in [0.2, 0.25) is 0 Å². The van der Waals surface area contributed by atoms with Gasteiger partial charge in [0.05, 0.1) is 11.1 Å². The van der Waals surface area contributed by atoms with Crippen LogP contribution in [-0.2, 0) is 21.7 Å². The standard InChI is InChI=1S/C17H20N2O5S/c1-9-7-13(10(2)11(3)16(9)25(6,22)23)15(21)14-8-18-19(5)17(14)24-12(4)20/h7-8H,1-6H3. The number of aryl methyl sites for hydroxylation is 2. The molecule has 0 unspecified atom stereocenters. The quantitative estimate of drug-likeness (QED) is 0.607. The molecule has 0 N–H and O–H groups in total. The third-order valence-electron chi connectivity index (χ3n) is 4.01. The van der Waals surface area contributed by atoms with Gasteiger partial charge in [0.15, 0.2) is 15.6 Å². The van der Waals surface area contributed by atoms with Crippen LogP contribution in [-0.4, -0.2) is 36.2 Å². The molecule has 0 aliphatic rings. The third kappa shape index (κ3) is 3.48. The van der Waals surface area contributed by atoms with Gasteiger partial charge in [0.25, 0.3) is 0 Å². The molecule has 25 heavy (non-hydrogen) atoms. The van der Waals surface area contributed by atoms with Crippen molar-refractivity contribution in [3.8, 4) is 5.88 Å². The van der Waals surface area contributed by atoms with Gasteiger partial charge in [-0.05, 0) is 43.5 Å². The monoisotopic (exact) mass is 364 g/mol. The summed E-state index contributed by atoms with van der Waals surface area (Å²) in [5, 5.41) is 3.97. The van der Waals surface area contributed by atoms with E-state index >= 15 is 0 Å². The van der Waals surface area contributed by atoms with Gasteiger partial charge in [-0.25, -0.2) is 13.1 Å². The van der Waals surface area contributed by atoms with Gasteiger partial charge < -0.3 is 4.74 Å². The number of carbonyl (C=O) groups is 2. The highest BCUT2D eigenvalue weighted by atomic mass is 32.2. The molecule has 0 saturated carbocycles. The molecule has 7 nitrogen and oxygen atoms in total. The topological polar surface area (TPSA) is 95.3 Å². The van der Waals surface area contributed by atoms with Gasteiger partial charge in [0.1, 0.15) is 5.56 Å². The van der Waals surface area contributed by atoms with Gasteiger partial charge in [0, 0.05) is 25.8 Å². The molecule has 0 atom stereocenters. The second-order valence-electron chi connectivity index (χ2n) is 6.00. The molecule has 134 valence electrons. The summed E-state index contributed by atoms with van der Waals surface area (Å²) in [6.07, 6.45) is 2.47. The lowest BCUT2D eigenvalue weighted by Gasteiger charge is -2.15. The van der Waals surface area contributed by atoms with Crippen LogP contribution in [0.25, 0.3) is 0 Å². The SMILES string of the molecule is CC(=O)Oc1c(C(=O)c2cc(C)c(S(C)(=O)=O)c(C)c2C)cnn1C. The van der Waals surface area contributed by atoms with Crippen LogP contribution in [0.1, 0.15) is 39.5 Å². The molecule has 2 aromatic rings. The maximum atomic E-state index is 13.0. The van der Waals surface area contributed by atoms with Crippen molar-refractivity contribution in [3.63, 3.8) is 0 Å². The van der Waals surface area contributed by atoms with E-state index in [4.69, 9.17) is 4.74 Å². The molecule has 0 radical (unpaired) electrons. The van der Waals surface area contributed by atoms with E-state index in [1.807, 2.05) is 0 Å². The Morgan fingerprint density at radius 1 is 1.12 bits per heavy atom. The lowest BCUT2D eigenvalue weighted by molar-refractivity contribution is -0.132. The van der Waals surface area contributed by atoms with Gasteiger partial charge in [-0.3, -0.25) is 9.59 Å². The summed E-state index contributed by atoms with van der Waals surface area (Å²) >= 11 is 0. The second kappa shape index (κ2) is 6.44. The molecule has 1 aromatic carbocycles. The molecular formula is C17H20N2O5S. The van der Waals surface area contributed by atoms with E-state index in [1.165, 1.54) is 17.8 Å². The van der Waals surface area contributed by atoms with Crippen LogP contribution in [0.4, 0.5) is 0 Å². The number of hydrogen-bond acceptors (Lipinski definition) is 6. The predicted octanol–water partition coefficient (Wildman–Crippen LogP) is 1.91. The number of ketones is 1. The smallest absolute Gasteiger partial charge is 0.309 e. The number of aromatic nitrogens is 2. The highest BCUT2D eigenvalue weighted by Crippen LogP contribution is 2.29. The molecule has 0 fully saturated rings. The fourth-order valence-electron chi connectivity index (χ4n) is 2.85. The third-order valence-corrected chi connectivity index (χ3v) is 5.38. The fraction of sp³-hybridized carbons (Fsp3) is 0.353. The molecule has 0 bridgehead atoms. The zero-order valence-corrected chi connectivity index (χ0v) is 15.8. The van der Waals surface area contributed by atoms with Crippen molar-refractivity contribution in [2.45, 2.75) is 32.6 Å². The summed E-state index contributed by atoms with van der Waals surface area (Å²) < 4.78 is 30.4. The average molecular weight is 364 g/mol. The van der Waals surface area contributed by atoms with E-state index in [-0.39, 0.29) is 22.1 Å². The number of carbonyl (C=O) groups excluding carboxylic acids is 2. The van der Waals surface area contributed by atoms with Crippen LogP contribution in [0.5, 0.6) is 5.88 Å². The minimum atomic E-state index is -3.41. The first-order valence-electron chi connectivity index (χ1n) is 7.51. The highest BCUT2D eigenvalue weighted by Gasteiger charge is 2.25. The molecule has 8 heteroatoms. The molecule has 0 amide bonds. The van der Waals surface area contributed by atoms with Crippen LogP contribution < -0.4 is 4.74 Å². The summed E-state index contributed by atoms with van der Waals surface area (Å²) in [6, 6.07) is 1.55. The van der Waals surface area contributed by atoms with Crippen molar-refractivity contribution >= 4 is 21.6 Å². The first-order valence-corrected chi connectivity index (χ1v) is 9.40. The largest absolute Gasteiger partial charge is 0.407 e. The van der Waals surface area contributed by atoms with Crippen molar-refractivity contribution in [1.82, 2.24) is 9.78 Å². The van der Waals surface area contributed by atoms with Gasteiger partial charge in [-0.2, -0.15) is 5.10 Å². The molecule has 1 heterocycles. The van der Waals surface area contributed by atoms with E-state index < -0.39 is 15.8 Å². The molecule has 0 spiro atoms. The van der Waals surface area contributed by atoms with Crippen molar-refractivity contribution in [2.75, 3.05) is 6.26 Å². The van der Waals surface area contributed by atoms with Crippen LogP contribution in [0.15, 0.2) is 17.2 Å². The number of ether oxygens (including phenoxy) is 1. The molecule has 2 rings (SSSR count). The van der Waals surface area contributed by atoms with Crippen LogP contribution in [0.3, 0.4) is 0 Å². The summed E-state index contributed by atoms with van der Waals surface area (Å²) in [6.45, 7) is 6.25. The second-order valence-corrected chi connectivity index (χ2v) is 7.95. The Labute approximate surface area is 146 Å². The first kappa shape index (κ1) is 18.9. The van der Waals surface area contributed by atoms with E-state index in [2.05, 4.69) is 5.10 Å². The molecular weight excluding hydrogens is 344 g/mol. The van der Waals surface area contributed by atoms with E-state index in [1.54, 1.807) is 33.9 Å². The maximum Gasteiger partial charge on any atom is 0.309 e.